The Morgan fingerprint density at radius 1 is 1.32 bits per heavy atom. The fourth-order valence-corrected chi connectivity index (χ4v) is 4.48. The summed E-state index contributed by atoms with van der Waals surface area (Å²) in [4.78, 5) is 15.4. The molecule has 1 unspecified atom stereocenters. The summed E-state index contributed by atoms with van der Waals surface area (Å²) in [6.45, 7) is 4.38. The number of benzene rings is 1. The number of hydrogen-bond acceptors (Lipinski definition) is 5. The molecule has 8 heteroatoms. The van der Waals surface area contributed by atoms with Crippen LogP contribution in [-0.2, 0) is 16.6 Å². The molecule has 0 saturated carbocycles. The summed E-state index contributed by atoms with van der Waals surface area (Å²) in [5, 5.41) is 5.20. The van der Waals surface area contributed by atoms with E-state index in [0.717, 1.165) is 11.4 Å². The van der Waals surface area contributed by atoms with Gasteiger partial charge in [0.25, 0.3) is 5.91 Å². The predicted octanol–water partition coefficient (Wildman–Crippen LogP) is 1.66. The van der Waals surface area contributed by atoms with Crippen LogP contribution in [0.25, 0.3) is 0 Å². The molecule has 134 valence electrons. The highest BCUT2D eigenvalue weighted by atomic mass is 32.2. The quantitative estimate of drug-likeness (QED) is 0.828. The van der Waals surface area contributed by atoms with E-state index >= 15 is 0 Å². The van der Waals surface area contributed by atoms with E-state index < -0.39 is 10.0 Å². The maximum absolute atomic E-state index is 12.5. The van der Waals surface area contributed by atoms with Crippen molar-refractivity contribution in [2.24, 2.45) is 0 Å². The molecule has 25 heavy (non-hydrogen) atoms. The highest BCUT2D eigenvalue weighted by Crippen LogP contribution is 2.15. The summed E-state index contributed by atoms with van der Waals surface area (Å²) < 4.78 is 27.3. The van der Waals surface area contributed by atoms with Crippen LogP contribution in [0.15, 0.2) is 46.7 Å². The number of carbonyl (C=O) groups is 1. The van der Waals surface area contributed by atoms with Crippen molar-refractivity contribution in [1.82, 2.24) is 14.9 Å². The molecule has 1 atom stereocenters. The summed E-state index contributed by atoms with van der Waals surface area (Å²) in [5.74, 6) is -0.0659. The van der Waals surface area contributed by atoms with E-state index in [1.54, 1.807) is 17.0 Å². The number of carbonyl (C=O) groups excluding carboxylic acids is 1. The van der Waals surface area contributed by atoms with Gasteiger partial charge in [-0.05, 0) is 42.6 Å². The van der Waals surface area contributed by atoms with Crippen LogP contribution in [0.4, 0.5) is 0 Å². The maximum atomic E-state index is 12.5. The van der Waals surface area contributed by atoms with Gasteiger partial charge in [-0.2, -0.15) is 0 Å². The largest absolute Gasteiger partial charge is 0.336 e. The molecule has 1 fully saturated rings. The Balaban J connectivity index is 1.67. The molecular formula is C17H21N3O3S2. The van der Waals surface area contributed by atoms with E-state index in [0.29, 0.717) is 18.7 Å². The third-order valence-corrected chi connectivity index (χ3v) is 6.38. The fourth-order valence-electron chi connectivity index (χ4n) is 2.74. The lowest BCUT2D eigenvalue weighted by Crippen LogP contribution is -2.51. The summed E-state index contributed by atoms with van der Waals surface area (Å²) in [7, 11) is -3.59. The Kier molecular flexibility index (Phi) is 5.53. The Labute approximate surface area is 151 Å². The number of amides is 1. The lowest BCUT2D eigenvalue weighted by molar-refractivity contribution is 0.0709. The van der Waals surface area contributed by atoms with E-state index in [9.17, 15) is 13.2 Å². The van der Waals surface area contributed by atoms with E-state index in [1.807, 2.05) is 24.4 Å². The Hall–Kier alpha value is -1.74. The monoisotopic (exact) mass is 379 g/mol. The summed E-state index contributed by atoms with van der Waals surface area (Å²) >= 11 is 1.50. The van der Waals surface area contributed by atoms with Gasteiger partial charge in [-0.3, -0.25) is 4.79 Å². The topological polar surface area (TPSA) is 78.5 Å². The number of hydrogen-bond donors (Lipinski definition) is 2. The first kappa shape index (κ1) is 18.1. The van der Waals surface area contributed by atoms with Gasteiger partial charge in [0.15, 0.2) is 0 Å². The number of sulfonamides is 1. The molecule has 6 nitrogen and oxygen atoms in total. The standard InChI is InChI=1S/C17H21N3O3S2/c1-13-12-20(9-8-18-13)17(21)14-4-6-16(7-5-14)25(22,23)19-11-15-3-2-10-24-15/h2-7,10,13,18-19H,8-9,11-12H2,1H3. The van der Waals surface area contributed by atoms with Crippen LogP contribution in [0.3, 0.4) is 0 Å². The second-order valence-electron chi connectivity index (χ2n) is 6.03. The van der Waals surface area contributed by atoms with Crippen molar-refractivity contribution in [3.8, 4) is 0 Å². The average molecular weight is 380 g/mol. The molecule has 1 aliphatic rings. The van der Waals surface area contributed by atoms with Gasteiger partial charge < -0.3 is 10.2 Å². The summed E-state index contributed by atoms with van der Waals surface area (Å²) in [6, 6.07) is 10.1. The number of thiophene rings is 1. The van der Waals surface area contributed by atoms with Gasteiger partial charge in [-0.25, -0.2) is 13.1 Å². The lowest BCUT2D eigenvalue weighted by atomic mass is 10.1. The normalized spacial score (nSPS) is 18.3. The van der Waals surface area contributed by atoms with Crippen LogP contribution in [0, 0.1) is 0 Å². The Bertz CT molecular complexity index is 817. The Morgan fingerprint density at radius 3 is 2.72 bits per heavy atom. The van der Waals surface area contributed by atoms with Crippen LogP contribution in [0.2, 0.25) is 0 Å². The second kappa shape index (κ2) is 7.65. The van der Waals surface area contributed by atoms with E-state index in [-0.39, 0.29) is 23.4 Å². The average Bonchev–Trinajstić information content (AvgIpc) is 3.13. The van der Waals surface area contributed by atoms with Crippen molar-refractivity contribution in [2.75, 3.05) is 19.6 Å². The molecule has 1 saturated heterocycles. The first-order valence-electron chi connectivity index (χ1n) is 8.10. The molecule has 1 amide bonds. The molecular weight excluding hydrogens is 358 g/mol. The van der Waals surface area contributed by atoms with Gasteiger partial charge in [-0.1, -0.05) is 6.07 Å². The van der Waals surface area contributed by atoms with Gasteiger partial charge in [0, 0.05) is 42.7 Å². The van der Waals surface area contributed by atoms with Gasteiger partial charge in [0.2, 0.25) is 10.0 Å². The smallest absolute Gasteiger partial charge is 0.253 e. The molecule has 2 aromatic rings. The third kappa shape index (κ3) is 4.46. The van der Waals surface area contributed by atoms with Crippen LogP contribution < -0.4 is 10.0 Å². The van der Waals surface area contributed by atoms with E-state index in [1.165, 1.54) is 23.5 Å². The maximum Gasteiger partial charge on any atom is 0.253 e. The highest BCUT2D eigenvalue weighted by Gasteiger charge is 2.22. The van der Waals surface area contributed by atoms with Crippen molar-refractivity contribution >= 4 is 27.3 Å². The van der Waals surface area contributed by atoms with E-state index in [4.69, 9.17) is 0 Å². The highest BCUT2D eigenvalue weighted by molar-refractivity contribution is 7.89. The molecule has 0 bridgehead atoms. The van der Waals surface area contributed by atoms with Crippen molar-refractivity contribution in [1.29, 1.82) is 0 Å². The van der Waals surface area contributed by atoms with Gasteiger partial charge in [-0.15, -0.1) is 11.3 Å². The molecule has 0 aliphatic carbocycles. The predicted molar refractivity (Wildman–Crippen MR) is 98.2 cm³/mol. The molecule has 1 aliphatic heterocycles. The zero-order valence-corrected chi connectivity index (χ0v) is 15.6. The molecule has 1 aromatic carbocycles. The SMILES string of the molecule is CC1CN(C(=O)c2ccc(S(=O)(=O)NCc3cccs3)cc2)CCN1. The summed E-state index contributed by atoms with van der Waals surface area (Å²) in [5.41, 5.74) is 0.506. The second-order valence-corrected chi connectivity index (χ2v) is 8.83. The summed E-state index contributed by atoms with van der Waals surface area (Å²) in [6.07, 6.45) is 0. The van der Waals surface area contributed by atoms with E-state index in [2.05, 4.69) is 10.0 Å². The molecule has 2 heterocycles. The third-order valence-electron chi connectivity index (χ3n) is 4.08. The van der Waals surface area contributed by atoms with Gasteiger partial charge in [0.05, 0.1) is 4.90 Å². The molecule has 3 rings (SSSR count). The minimum atomic E-state index is -3.59. The molecule has 0 spiro atoms. The van der Waals surface area contributed by atoms with Gasteiger partial charge >= 0.3 is 0 Å². The number of nitrogens with one attached hydrogen (secondary N) is 2. The zero-order valence-electron chi connectivity index (χ0n) is 13.9. The minimum absolute atomic E-state index is 0.0659. The van der Waals surface area contributed by atoms with Crippen LogP contribution in [-0.4, -0.2) is 44.9 Å². The van der Waals surface area contributed by atoms with Crippen LogP contribution in [0.5, 0.6) is 0 Å². The number of nitrogens with zero attached hydrogens (tertiary/aromatic N) is 1. The number of piperazine rings is 1. The molecule has 0 radical (unpaired) electrons. The van der Waals surface area contributed by atoms with Crippen molar-refractivity contribution in [3.05, 3.63) is 52.2 Å². The lowest BCUT2D eigenvalue weighted by Gasteiger charge is -2.32. The van der Waals surface area contributed by atoms with Crippen molar-refractivity contribution in [2.45, 2.75) is 24.4 Å². The van der Waals surface area contributed by atoms with Crippen LogP contribution in [0.1, 0.15) is 22.2 Å². The number of rotatable bonds is 5. The molecule has 1 aromatic heterocycles. The first-order valence-corrected chi connectivity index (χ1v) is 10.5. The minimum Gasteiger partial charge on any atom is -0.336 e. The Morgan fingerprint density at radius 2 is 2.08 bits per heavy atom. The first-order chi connectivity index (χ1) is 12.0. The van der Waals surface area contributed by atoms with Crippen molar-refractivity contribution < 1.29 is 13.2 Å². The molecule has 2 N–H and O–H groups in total. The van der Waals surface area contributed by atoms with Gasteiger partial charge in [0.1, 0.15) is 0 Å². The fraction of sp³-hybridized carbons (Fsp3) is 0.353. The van der Waals surface area contributed by atoms with Crippen LogP contribution >= 0.6 is 11.3 Å². The van der Waals surface area contributed by atoms with Crippen molar-refractivity contribution in [3.63, 3.8) is 0 Å². The zero-order chi connectivity index (χ0) is 17.9.